The molecule has 54 valence electrons. The zero-order valence-electron chi connectivity index (χ0n) is 5.27. The molecule has 0 radical (unpaired) electrons. The molecule has 1 nitrogen and oxygen atoms in total. The molecule has 1 aromatic rings. The molecule has 0 saturated heterocycles. The van der Waals surface area contributed by atoms with E-state index in [1.807, 2.05) is 18.2 Å². The average Bonchev–Trinajstić information content (AvgIpc) is 1.95. The van der Waals surface area contributed by atoms with E-state index in [1.165, 1.54) is 9.13 Å². The van der Waals surface area contributed by atoms with Crippen molar-refractivity contribution in [2.75, 3.05) is 0 Å². The van der Waals surface area contributed by atoms with Crippen LogP contribution in [0.5, 0.6) is 0 Å². The summed E-state index contributed by atoms with van der Waals surface area (Å²) in [5.74, 6) is 0. The maximum Gasteiger partial charge on any atom is 0.0317 e. The first kappa shape index (κ1) is 8.49. The fraction of sp³-hybridized carbons (Fsp3) is 0.143. The smallest absolute Gasteiger partial charge is 0.0317 e. The zero-order chi connectivity index (χ0) is 7.56. The van der Waals surface area contributed by atoms with E-state index in [9.17, 15) is 0 Å². The van der Waals surface area contributed by atoms with E-state index in [4.69, 9.17) is 5.73 Å². The van der Waals surface area contributed by atoms with Crippen molar-refractivity contribution in [3.63, 3.8) is 0 Å². The van der Waals surface area contributed by atoms with Gasteiger partial charge in [0.25, 0.3) is 0 Å². The van der Waals surface area contributed by atoms with E-state index in [-0.39, 0.29) is 0 Å². The molecule has 0 fully saturated rings. The van der Waals surface area contributed by atoms with Crippen LogP contribution in [0.4, 0.5) is 0 Å². The average molecular weight is 312 g/mol. The molecule has 1 rings (SSSR count). The van der Waals surface area contributed by atoms with Crippen molar-refractivity contribution in [2.45, 2.75) is 6.54 Å². The molecule has 10 heavy (non-hydrogen) atoms. The van der Waals surface area contributed by atoms with Gasteiger partial charge in [-0.3, -0.25) is 0 Å². The van der Waals surface area contributed by atoms with Gasteiger partial charge in [0.05, 0.1) is 0 Å². The largest absolute Gasteiger partial charge is 0.326 e. The minimum absolute atomic E-state index is 0.609. The van der Waals surface area contributed by atoms with Gasteiger partial charge in [-0.2, -0.15) is 0 Å². The molecule has 2 N–H and O–H groups in total. The summed E-state index contributed by atoms with van der Waals surface area (Å²) < 4.78 is 2.33. The number of hydrogen-bond donors (Lipinski definition) is 1. The van der Waals surface area contributed by atoms with Crippen molar-refractivity contribution in [3.05, 3.63) is 31.8 Å². The molecule has 0 aliphatic heterocycles. The van der Waals surface area contributed by atoms with Crippen molar-refractivity contribution in [1.82, 2.24) is 0 Å². The van der Waals surface area contributed by atoms with Gasteiger partial charge in [-0.1, -0.05) is 12.1 Å². The molecule has 0 atom stereocenters. The van der Waals surface area contributed by atoms with E-state index in [1.54, 1.807) is 0 Å². The first-order valence-electron chi connectivity index (χ1n) is 2.88. The fourth-order valence-corrected chi connectivity index (χ4v) is 1.69. The molecule has 0 aromatic heterocycles. The summed E-state index contributed by atoms with van der Waals surface area (Å²) in [6.07, 6.45) is 0. The molecule has 0 amide bonds. The number of hydrogen-bond acceptors (Lipinski definition) is 1. The summed E-state index contributed by atoms with van der Waals surface area (Å²) in [5, 5.41) is 0. The second-order valence-corrected chi connectivity index (χ2v) is 3.85. The Bertz CT molecular complexity index is 237. The molecule has 0 spiro atoms. The van der Waals surface area contributed by atoms with Gasteiger partial charge >= 0.3 is 0 Å². The Kier molecular flexibility index (Phi) is 3.13. The van der Waals surface area contributed by atoms with Crippen LogP contribution < -0.4 is 5.73 Å². The zero-order valence-corrected chi connectivity index (χ0v) is 9.02. The molecule has 0 saturated carbocycles. The van der Waals surface area contributed by atoms with Gasteiger partial charge < -0.3 is 5.73 Å². The van der Waals surface area contributed by atoms with Crippen molar-refractivity contribution in [2.24, 2.45) is 5.73 Å². The Balaban J connectivity index is 3.14. The van der Waals surface area contributed by atoms with Crippen molar-refractivity contribution in [3.8, 4) is 0 Å². The maximum absolute atomic E-state index is 5.49. The van der Waals surface area contributed by atoms with E-state index in [0.29, 0.717) is 6.54 Å². The van der Waals surface area contributed by atoms with Gasteiger partial charge in [0.15, 0.2) is 0 Å². The normalized spacial score (nSPS) is 9.90. The Labute approximate surface area is 82.3 Å². The van der Waals surface area contributed by atoms with Crippen LogP contribution in [0.2, 0.25) is 0 Å². The van der Waals surface area contributed by atoms with Gasteiger partial charge in [-0.05, 0) is 50.2 Å². The highest BCUT2D eigenvalue weighted by atomic mass is 127. The van der Waals surface area contributed by atoms with E-state index in [2.05, 4.69) is 38.5 Å². The highest BCUT2D eigenvalue weighted by Crippen LogP contribution is 2.21. The third-order valence-electron chi connectivity index (χ3n) is 1.25. The summed E-state index contributed by atoms with van der Waals surface area (Å²) in [4.78, 5) is 0. The lowest BCUT2D eigenvalue weighted by Crippen LogP contribution is -1.98. The quantitative estimate of drug-likeness (QED) is 0.792. The summed E-state index contributed by atoms with van der Waals surface area (Å²) >= 11 is 5.70. The summed E-state index contributed by atoms with van der Waals surface area (Å²) in [6, 6.07) is 6.04. The van der Waals surface area contributed by atoms with E-state index >= 15 is 0 Å². The van der Waals surface area contributed by atoms with Gasteiger partial charge in [0.2, 0.25) is 0 Å². The SMILES string of the molecule is NCc1cccc(Br)c1I. The van der Waals surface area contributed by atoms with Crippen LogP contribution in [0, 0.1) is 3.57 Å². The topological polar surface area (TPSA) is 26.0 Å². The van der Waals surface area contributed by atoms with Crippen LogP contribution >= 0.6 is 38.5 Å². The lowest BCUT2D eigenvalue weighted by Gasteiger charge is -2.01. The summed E-state index contributed by atoms with van der Waals surface area (Å²) in [5.41, 5.74) is 6.68. The Morgan fingerprint density at radius 2 is 2.20 bits per heavy atom. The van der Waals surface area contributed by atoms with Gasteiger partial charge in [-0.25, -0.2) is 0 Å². The molecule has 0 aliphatic rings. The van der Waals surface area contributed by atoms with Gasteiger partial charge in [0.1, 0.15) is 0 Å². The molecule has 0 heterocycles. The fourth-order valence-electron chi connectivity index (χ4n) is 0.706. The Hall–Kier alpha value is 0.390. The van der Waals surface area contributed by atoms with Gasteiger partial charge in [-0.15, -0.1) is 0 Å². The first-order valence-corrected chi connectivity index (χ1v) is 4.76. The second kappa shape index (κ2) is 3.69. The van der Waals surface area contributed by atoms with Crippen LogP contribution in [0.3, 0.4) is 0 Å². The predicted molar refractivity (Wildman–Crippen MR) is 54.8 cm³/mol. The van der Waals surface area contributed by atoms with E-state index < -0.39 is 0 Å². The third kappa shape index (κ3) is 1.71. The number of halogens is 2. The van der Waals surface area contributed by atoms with Crippen LogP contribution in [0.15, 0.2) is 22.7 Å². The molecule has 0 bridgehead atoms. The Morgan fingerprint density at radius 3 is 2.70 bits per heavy atom. The molecular weight excluding hydrogens is 305 g/mol. The van der Waals surface area contributed by atoms with Crippen molar-refractivity contribution in [1.29, 1.82) is 0 Å². The highest BCUT2D eigenvalue weighted by molar-refractivity contribution is 14.1. The Morgan fingerprint density at radius 1 is 1.50 bits per heavy atom. The highest BCUT2D eigenvalue weighted by Gasteiger charge is 1.99. The van der Waals surface area contributed by atoms with Crippen LogP contribution in [0.25, 0.3) is 0 Å². The van der Waals surface area contributed by atoms with Crippen molar-refractivity contribution < 1.29 is 0 Å². The predicted octanol–water partition coefficient (Wildman–Crippen LogP) is 2.51. The minimum atomic E-state index is 0.609. The summed E-state index contributed by atoms with van der Waals surface area (Å²) in [6.45, 7) is 0.609. The summed E-state index contributed by atoms with van der Waals surface area (Å²) in [7, 11) is 0. The number of rotatable bonds is 1. The second-order valence-electron chi connectivity index (χ2n) is 1.92. The number of benzene rings is 1. The minimum Gasteiger partial charge on any atom is -0.326 e. The van der Waals surface area contributed by atoms with Crippen molar-refractivity contribution >= 4 is 38.5 Å². The van der Waals surface area contributed by atoms with Crippen LogP contribution in [-0.4, -0.2) is 0 Å². The molecule has 3 heteroatoms. The number of nitrogens with two attached hydrogens (primary N) is 1. The molecular formula is C7H7BrIN. The molecule has 0 aliphatic carbocycles. The van der Waals surface area contributed by atoms with Crippen LogP contribution in [0.1, 0.15) is 5.56 Å². The molecule has 0 unspecified atom stereocenters. The lowest BCUT2D eigenvalue weighted by molar-refractivity contribution is 1.06. The molecule has 1 aromatic carbocycles. The third-order valence-corrected chi connectivity index (χ3v) is 3.93. The monoisotopic (exact) mass is 311 g/mol. The maximum atomic E-state index is 5.49. The first-order chi connectivity index (χ1) is 4.75. The van der Waals surface area contributed by atoms with Crippen LogP contribution in [-0.2, 0) is 6.54 Å². The lowest BCUT2D eigenvalue weighted by atomic mass is 10.2. The standard InChI is InChI=1S/C7H7BrIN/c8-6-3-1-2-5(4-10)7(6)9/h1-3H,4,10H2. The van der Waals surface area contributed by atoms with E-state index in [0.717, 1.165) is 4.47 Å². The van der Waals surface area contributed by atoms with Gasteiger partial charge in [0, 0.05) is 14.6 Å².